The lowest BCUT2D eigenvalue weighted by Gasteiger charge is -2.35. The van der Waals surface area contributed by atoms with Gasteiger partial charge in [-0.15, -0.1) is 0 Å². The molecule has 0 aromatic heterocycles. The van der Waals surface area contributed by atoms with Crippen LogP contribution in [0, 0.1) is 5.92 Å². The van der Waals surface area contributed by atoms with Crippen LogP contribution >= 0.6 is 0 Å². The third kappa shape index (κ3) is 4.14. The van der Waals surface area contributed by atoms with Gasteiger partial charge in [-0.1, -0.05) is 6.92 Å². The van der Waals surface area contributed by atoms with E-state index in [4.69, 9.17) is 0 Å². The van der Waals surface area contributed by atoms with Crippen molar-refractivity contribution in [2.75, 3.05) is 39.3 Å². The highest BCUT2D eigenvalue weighted by Crippen LogP contribution is 2.19. The van der Waals surface area contributed by atoms with E-state index in [1.54, 1.807) is 0 Å². The van der Waals surface area contributed by atoms with Crippen molar-refractivity contribution >= 4 is 10.2 Å². The van der Waals surface area contributed by atoms with E-state index in [9.17, 15) is 13.5 Å². The molecule has 0 aromatic carbocycles. The second kappa shape index (κ2) is 7.17. The molecule has 2 aliphatic rings. The van der Waals surface area contributed by atoms with Crippen molar-refractivity contribution in [1.29, 1.82) is 0 Å². The number of likely N-dealkylation sites (N-methyl/N-ethyl adjacent to an activating group) is 1. The molecule has 0 radical (unpaired) electrons. The molecular weight excluding hydrogens is 278 g/mol. The number of hydrogen-bond donors (Lipinski definition) is 2. The first-order valence-electron chi connectivity index (χ1n) is 7.65. The summed E-state index contributed by atoms with van der Waals surface area (Å²) in [7, 11) is -3.41. The molecule has 2 saturated heterocycles. The molecule has 2 fully saturated rings. The Balaban J connectivity index is 1.92. The van der Waals surface area contributed by atoms with E-state index in [2.05, 4.69) is 16.5 Å². The Kier molecular flexibility index (Phi) is 5.80. The summed E-state index contributed by atoms with van der Waals surface area (Å²) in [4.78, 5) is 2.28. The number of likely N-dealkylation sites (tertiary alicyclic amines) is 1. The number of aliphatic hydroxyl groups excluding tert-OH is 1. The normalized spacial score (nSPS) is 30.5. The molecule has 0 spiro atoms. The number of hydrogen-bond acceptors (Lipinski definition) is 4. The van der Waals surface area contributed by atoms with Gasteiger partial charge in [-0.2, -0.15) is 17.4 Å². The van der Waals surface area contributed by atoms with Crippen LogP contribution in [0.2, 0.25) is 0 Å². The fourth-order valence-electron chi connectivity index (χ4n) is 3.12. The standard InChI is InChI=1S/C13H27N3O3S/c1-2-15-7-4-6-13(10-15)14-20(18,19)16-8-3-5-12(9-16)11-17/h12-14,17H,2-11H2,1H3. The Morgan fingerprint density at radius 2 is 1.95 bits per heavy atom. The fourth-order valence-corrected chi connectivity index (χ4v) is 4.66. The highest BCUT2D eigenvalue weighted by molar-refractivity contribution is 7.87. The van der Waals surface area contributed by atoms with Crippen LogP contribution in [0.15, 0.2) is 0 Å². The molecule has 0 aliphatic carbocycles. The lowest BCUT2D eigenvalue weighted by molar-refractivity contribution is 0.162. The van der Waals surface area contributed by atoms with Crippen LogP contribution in [-0.2, 0) is 10.2 Å². The zero-order chi connectivity index (χ0) is 14.6. The van der Waals surface area contributed by atoms with Crippen molar-refractivity contribution in [2.45, 2.75) is 38.6 Å². The van der Waals surface area contributed by atoms with Gasteiger partial charge in [-0.3, -0.25) is 0 Å². The van der Waals surface area contributed by atoms with Crippen LogP contribution in [0.4, 0.5) is 0 Å². The minimum absolute atomic E-state index is 0.0169. The average Bonchev–Trinajstić information content (AvgIpc) is 2.47. The number of nitrogens with one attached hydrogen (secondary N) is 1. The Bertz CT molecular complexity index is 402. The third-order valence-electron chi connectivity index (χ3n) is 4.35. The third-order valence-corrected chi connectivity index (χ3v) is 5.99. The Labute approximate surface area is 122 Å². The fraction of sp³-hybridized carbons (Fsp3) is 1.00. The predicted octanol–water partition coefficient (Wildman–Crippen LogP) is 0.00940. The zero-order valence-electron chi connectivity index (χ0n) is 12.3. The van der Waals surface area contributed by atoms with Gasteiger partial charge in [0.1, 0.15) is 0 Å². The first kappa shape index (κ1) is 16.2. The van der Waals surface area contributed by atoms with Crippen LogP contribution in [0.1, 0.15) is 32.6 Å². The molecule has 2 rings (SSSR count). The van der Waals surface area contributed by atoms with Crippen LogP contribution in [0.3, 0.4) is 0 Å². The predicted molar refractivity (Wildman–Crippen MR) is 78.6 cm³/mol. The van der Waals surface area contributed by atoms with Gasteiger partial charge >= 0.3 is 0 Å². The SMILES string of the molecule is CCN1CCCC(NS(=O)(=O)N2CCCC(CO)C2)C1. The van der Waals surface area contributed by atoms with Crippen molar-refractivity contribution < 1.29 is 13.5 Å². The lowest BCUT2D eigenvalue weighted by atomic mass is 10.0. The Hall–Kier alpha value is -0.210. The highest BCUT2D eigenvalue weighted by atomic mass is 32.2. The topological polar surface area (TPSA) is 72.9 Å². The summed E-state index contributed by atoms with van der Waals surface area (Å²) in [6.07, 6.45) is 3.70. The molecule has 2 aliphatic heterocycles. The first-order valence-corrected chi connectivity index (χ1v) is 9.09. The van der Waals surface area contributed by atoms with Gasteiger partial charge in [0.15, 0.2) is 0 Å². The molecule has 0 aromatic rings. The molecule has 2 heterocycles. The van der Waals surface area contributed by atoms with Gasteiger partial charge in [0.2, 0.25) is 0 Å². The summed E-state index contributed by atoms with van der Waals surface area (Å²) in [5, 5.41) is 9.21. The summed E-state index contributed by atoms with van der Waals surface area (Å²) in [5.74, 6) is 0.0822. The van der Waals surface area contributed by atoms with Gasteiger partial charge < -0.3 is 10.0 Å². The van der Waals surface area contributed by atoms with E-state index in [1.807, 2.05) is 0 Å². The minimum Gasteiger partial charge on any atom is -0.396 e. The smallest absolute Gasteiger partial charge is 0.279 e. The van der Waals surface area contributed by atoms with Gasteiger partial charge in [-0.05, 0) is 44.7 Å². The van der Waals surface area contributed by atoms with Gasteiger partial charge in [-0.25, -0.2) is 0 Å². The summed E-state index contributed by atoms with van der Waals surface area (Å²) in [6.45, 7) is 6.01. The molecule has 0 bridgehead atoms. The summed E-state index contributed by atoms with van der Waals surface area (Å²) >= 11 is 0. The maximum Gasteiger partial charge on any atom is 0.279 e. The van der Waals surface area contributed by atoms with E-state index in [-0.39, 0.29) is 18.6 Å². The molecule has 2 N–H and O–H groups in total. The van der Waals surface area contributed by atoms with E-state index in [0.717, 1.165) is 45.3 Å². The van der Waals surface area contributed by atoms with Gasteiger partial charge in [0.05, 0.1) is 0 Å². The van der Waals surface area contributed by atoms with Crippen LogP contribution < -0.4 is 4.72 Å². The molecule has 0 amide bonds. The Morgan fingerprint density at radius 1 is 1.20 bits per heavy atom. The van der Waals surface area contributed by atoms with Crippen molar-refractivity contribution in [2.24, 2.45) is 5.92 Å². The molecule has 7 heteroatoms. The number of piperidine rings is 2. The second-order valence-electron chi connectivity index (χ2n) is 5.90. The van der Waals surface area contributed by atoms with E-state index < -0.39 is 10.2 Å². The van der Waals surface area contributed by atoms with Crippen molar-refractivity contribution in [3.63, 3.8) is 0 Å². The second-order valence-corrected chi connectivity index (χ2v) is 7.61. The van der Waals surface area contributed by atoms with Crippen molar-refractivity contribution in [3.05, 3.63) is 0 Å². The Morgan fingerprint density at radius 3 is 2.65 bits per heavy atom. The molecular formula is C13H27N3O3S. The average molecular weight is 305 g/mol. The largest absolute Gasteiger partial charge is 0.396 e. The molecule has 0 saturated carbocycles. The van der Waals surface area contributed by atoms with Crippen LogP contribution in [0.5, 0.6) is 0 Å². The summed E-state index contributed by atoms with van der Waals surface area (Å²) in [6, 6.07) is 0.0169. The number of nitrogens with zero attached hydrogens (tertiary/aromatic N) is 2. The zero-order valence-corrected chi connectivity index (χ0v) is 13.1. The first-order chi connectivity index (χ1) is 9.55. The van der Waals surface area contributed by atoms with Gasteiger partial charge in [0, 0.05) is 32.3 Å². The lowest BCUT2D eigenvalue weighted by Crippen LogP contribution is -2.53. The molecule has 20 heavy (non-hydrogen) atoms. The quantitative estimate of drug-likeness (QED) is 0.750. The van der Waals surface area contributed by atoms with Crippen molar-refractivity contribution in [1.82, 2.24) is 13.9 Å². The number of rotatable bonds is 5. The maximum atomic E-state index is 12.4. The molecule has 6 nitrogen and oxygen atoms in total. The molecule has 118 valence electrons. The number of aliphatic hydroxyl groups is 1. The van der Waals surface area contributed by atoms with E-state index in [0.29, 0.717) is 13.1 Å². The van der Waals surface area contributed by atoms with E-state index >= 15 is 0 Å². The van der Waals surface area contributed by atoms with Crippen molar-refractivity contribution in [3.8, 4) is 0 Å². The maximum absolute atomic E-state index is 12.4. The van der Waals surface area contributed by atoms with Gasteiger partial charge in [0.25, 0.3) is 10.2 Å². The monoisotopic (exact) mass is 305 g/mol. The summed E-state index contributed by atoms with van der Waals surface area (Å²) in [5.41, 5.74) is 0. The van der Waals surface area contributed by atoms with E-state index in [1.165, 1.54) is 4.31 Å². The van der Waals surface area contributed by atoms with Crippen LogP contribution in [-0.4, -0.2) is 68.1 Å². The molecule has 2 atom stereocenters. The molecule has 2 unspecified atom stereocenters. The highest BCUT2D eigenvalue weighted by Gasteiger charge is 2.31. The summed E-state index contributed by atoms with van der Waals surface area (Å²) < 4.78 is 29.2. The minimum atomic E-state index is -3.41. The van der Waals surface area contributed by atoms with Crippen LogP contribution in [0.25, 0.3) is 0 Å².